The lowest BCUT2D eigenvalue weighted by molar-refractivity contribution is -0.0227. The number of hydrogen-bond acceptors (Lipinski definition) is 8. The molecule has 0 aromatic carbocycles. The highest BCUT2D eigenvalue weighted by molar-refractivity contribution is 7.55. The van der Waals surface area contributed by atoms with Gasteiger partial charge in [0.05, 0.1) is 12.4 Å². The van der Waals surface area contributed by atoms with Crippen molar-refractivity contribution in [1.82, 2.24) is 19.5 Å². The fourth-order valence-corrected chi connectivity index (χ4v) is 2.82. The number of hydrogen-bond donors (Lipinski definition) is 5. The Kier molecular flexibility index (Phi) is 3.82. The maximum Gasteiger partial charge on any atom is 0.348 e. The number of aliphatic hydroxyl groups excluding tert-OH is 1. The quantitative estimate of drug-likeness (QED) is 0.448. The predicted octanol–water partition coefficient (Wildman–Crippen LogP) is -0.670. The Labute approximate surface area is 129 Å². The Hall–Kier alpha value is -2.04. The van der Waals surface area contributed by atoms with Gasteiger partial charge >= 0.3 is 7.60 Å². The summed E-state index contributed by atoms with van der Waals surface area (Å²) in [7, 11) is -4.28. The fourth-order valence-electron chi connectivity index (χ4n) is 2.40. The van der Waals surface area contributed by atoms with E-state index in [0.717, 1.165) is 5.82 Å². The van der Waals surface area contributed by atoms with Crippen molar-refractivity contribution in [3.05, 3.63) is 18.2 Å². The van der Waals surface area contributed by atoms with Gasteiger partial charge in [-0.25, -0.2) is 4.98 Å². The Bertz CT molecular complexity index is 817. The average molecular weight is 342 g/mol. The average Bonchev–Trinajstić information content (AvgIpc) is 2.99. The summed E-state index contributed by atoms with van der Waals surface area (Å²) >= 11 is 0. The zero-order chi connectivity index (χ0) is 16.8. The summed E-state index contributed by atoms with van der Waals surface area (Å²) in [6.45, 7) is 0. The normalized spacial score (nSPS) is 25.6. The Morgan fingerprint density at radius 1 is 1.39 bits per heavy atom. The predicted molar refractivity (Wildman–Crippen MR) is 79.9 cm³/mol. The number of nitrogens with two attached hydrogens (primary N) is 2. The van der Waals surface area contributed by atoms with Crippen LogP contribution in [0.1, 0.15) is 12.6 Å². The molecular weight excluding hydrogens is 327 g/mol. The molecule has 3 atom stereocenters. The highest BCUT2D eigenvalue weighted by atomic mass is 31.2. The van der Waals surface area contributed by atoms with E-state index in [1.807, 2.05) is 0 Å². The Morgan fingerprint density at radius 2 is 2.13 bits per heavy atom. The molecule has 0 aliphatic carbocycles. The van der Waals surface area contributed by atoms with Gasteiger partial charge in [-0.3, -0.25) is 9.13 Å². The zero-order valence-corrected chi connectivity index (χ0v) is 12.6. The summed E-state index contributed by atoms with van der Waals surface area (Å²) in [4.78, 5) is 29.6. The molecule has 2 aromatic rings. The van der Waals surface area contributed by atoms with Gasteiger partial charge < -0.3 is 31.1 Å². The first-order chi connectivity index (χ1) is 10.7. The second-order valence-electron chi connectivity index (χ2n) is 5.09. The van der Waals surface area contributed by atoms with Gasteiger partial charge in [-0.2, -0.15) is 9.97 Å². The van der Waals surface area contributed by atoms with E-state index in [2.05, 4.69) is 15.0 Å². The van der Waals surface area contributed by atoms with Crippen LogP contribution >= 0.6 is 7.60 Å². The lowest BCUT2D eigenvalue weighted by atomic mass is 10.2. The van der Waals surface area contributed by atoms with Gasteiger partial charge in [0.15, 0.2) is 17.7 Å². The number of aliphatic hydroxyl groups is 1. The molecule has 3 rings (SSSR count). The second-order valence-corrected chi connectivity index (χ2v) is 6.57. The minimum absolute atomic E-state index is 0.0396. The number of aromatic nitrogens is 4. The molecule has 124 valence electrons. The van der Waals surface area contributed by atoms with Crippen LogP contribution in [0.25, 0.3) is 11.2 Å². The first kappa shape index (κ1) is 15.8. The van der Waals surface area contributed by atoms with E-state index in [0.29, 0.717) is 11.2 Å². The van der Waals surface area contributed by atoms with E-state index in [-0.39, 0.29) is 18.2 Å². The van der Waals surface area contributed by atoms with Crippen molar-refractivity contribution in [1.29, 1.82) is 0 Å². The van der Waals surface area contributed by atoms with E-state index in [4.69, 9.17) is 26.0 Å². The van der Waals surface area contributed by atoms with Crippen molar-refractivity contribution in [2.24, 2.45) is 0 Å². The van der Waals surface area contributed by atoms with Crippen LogP contribution in [0.15, 0.2) is 18.2 Å². The van der Waals surface area contributed by atoms with Crippen molar-refractivity contribution in [2.75, 3.05) is 11.5 Å². The van der Waals surface area contributed by atoms with E-state index in [9.17, 15) is 9.67 Å². The highest BCUT2D eigenvalue weighted by Gasteiger charge is 2.35. The third kappa shape index (κ3) is 3.19. The van der Waals surface area contributed by atoms with Crippen LogP contribution < -0.4 is 11.5 Å². The monoisotopic (exact) mass is 342 g/mol. The molecule has 1 fully saturated rings. The number of nitrogens with zero attached hydrogens (tertiary/aromatic N) is 4. The highest BCUT2D eigenvalue weighted by Crippen LogP contribution is 2.38. The summed E-state index contributed by atoms with van der Waals surface area (Å²) in [5, 5.41) is 10.2. The molecule has 3 heterocycles. The van der Waals surface area contributed by atoms with E-state index >= 15 is 0 Å². The van der Waals surface area contributed by atoms with Gasteiger partial charge in [0.1, 0.15) is 11.6 Å². The van der Waals surface area contributed by atoms with Gasteiger partial charge in [-0.15, -0.1) is 0 Å². The standard InChI is InChI=1S/C11H15N6O5P/c12-8-7-9(16-11(13)15-8)17(4-14-7)10-6(18)3-5(22-10)1-2-23(19,20)21/h1-2,4-6,10,18H,3H2,(H2,19,20,21)(H4,12,13,15,16)/t5-,6-,10-/m1/s1. The molecule has 0 saturated carbocycles. The summed E-state index contributed by atoms with van der Waals surface area (Å²) in [5.74, 6) is 0.815. The fraction of sp³-hybridized carbons (Fsp3) is 0.364. The van der Waals surface area contributed by atoms with Crippen LogP contribution in [0.3, 0.4) is 0 Å². The van der Waals surface area contributed by atoms with E-state index < -0.39 is 26.0 Å². The van der Waals surface area contributed by atoms with Crippen molar-refractivity contribution >= 4 is 30.5 Å². The zero-order valence-electron chi connectivity index (χ0n) is 11.7. The minimum Gasteiger partial charge on any atom is -0.388 e. The lowest BCUT2D eigenvalue weighted by Gasteiger charge is -2.16. The molecule has 0 spiro atoms. The van der Waals surface area contributed by atoms with Crippen molar-refractivity contribution in [2.45, 2.75) is 24.9 Å². The summed E-state index contributed by atoms with van der Waals surface area (Å²) in [5.41, 5.74) is 11.9. The number of anilines is 2. The number of rotatable bonds is 3. The Balaban J connectivity index is 1.91. The van der Waals surface area contributed by atoms with Crippen LogP contribution in [0.5, 0.6) is 0 Å². The summed E-state index contributed by atoms with van der Waals surface area (Å²) in [6.07, 6.45) is 0.364. The Morgan fingerprint density at radius 3 is 2.83 bits per heavy atom. The molecule has 12 heteroatoms. The second kappa shape index (κ2) is 5.55. The number of ether oxygens (including phenoxy) is 1. The molecule has 1 aliphatic heterocycles. The molecule has 1 saturated heterocycles. The molecule has 7 N–H and O–H groups in total. The molecule has 23 heavy (non-hydrogen) atoms. The third-order valence-electron chi connectivity index (χ3n) is 3.35. The van der Waals surface area contributed by atoms with Gasteiger partial charge in [-0.1, -0.05) is 0 Å². The van der Waals surface area contributed by atoms with Crippen molar-refractivity contribution in [3.8, 4) is 0 Å². The van der Waals surface area contributed by atoms with Crippen LogP contribution in [-0.2, 0) is 9.30 Å². The van der Waals surface area contributed by atoms with Crippen LogP contribution in [0.4, 0.5) is 11.8 Å². The van der Waals surface area contributed by atoms with Crippen LogP contribution in [0.2, 0.25) is 0 Å². The molecule has 1 aliphatic rings. The topological polar surface area (TPSA) is 183 Å². The minimum atomic E-state index is -4.28. The molecule has 0 bridgehead atoms. The van der Waals surface area contributed by atoms with Gasteiger partial charge in [-0.05, 0) is 6.08 Å². The summed E-state index contributed by atoms with van der Waals surface area (Å²) < 4.78 is 17.9. The van der Waals surface area contributed by atoms with Gasteiger partial charge in [0.25, 0.3) is 0 Å². The lowest BCUT2D eigenvalue weighted by Crippen LogP contribution is -2.19. The first-order valence-electron chi connectivity index (χ1n) is 6.58. The number of nitrogen functional groups attached to an aromatic ring is 2. The third-order valence-corrected chi connectivity index (χ3v) is 3.91. The van der Waals surface area contributed by atoms with Crippen molar-refractivity contribution in [3.63, 3.8) is 0 Å². The summed E-state index contributed by atoms with van der Waals surface area (Å²) in [6, 6.07) is 0. The molecule has 2 aromatic heterocycles. The maximum absolute atomic E-state index is 10.9. The largest absolute Gasteiger partial charge is 0.388 e. The number of fused-ring (bicyclic) bond motifs is 1. The maximum atomic E-state index is 10.9. The van der Waals surface area contributed by atoms with E-state index in [1.165, 1.54) is 17.0 Å². The number of imidazole rings is 1. The molecule has 0 amide bonds. The van der Waals surface area contributed by atoms with E-state index in [1.54, 1.807) is 0 Å². The van der Waals surface area contributed by atoms with Gasteiger partial charge in [0.2, 0.25) is 5.95 Å². The van der Waals surface area contributed by atoms with Crippen LogP contribution in [0, 0.1) is 0 Å². The molecule has 11 nitrogen and oxygen atoms in total. The first-order valence-corrected chi connectivity index (χ1v) is 8.26. The SMILES string of the molecule is Nc1nc(N)c2ncn([C@@H]3O[C@H](C=CP(=O)(O)O)C[C@H]3O)c2n1. The molecule has 0 radical (unpaired) electrons. The van der Waals surface area contributed by atoms with Crippen LogP contribution in [-0.4, -0.2) is 46.6 Å². The van der Waals surface area contributed by atoms with Gasteiger partial charge in [0, 0.05) is 12.2 Å². The molecule has 0 unspecified atom stereocenters. The molecular formula is C11H15N6O5P. The smallest absolute Gasteiger partial charge is 0.348 e. The van der Waals surface area contributed by atoms with Crippen molar-refractivity contribution < 1.29 is 24.2 Å².